The largest absolute Gasteiger partial charge is 0.447 e. The molecule has 0 aliphatic carbocycles. The van der Waals surface area contributed by atoms with Gasteiger partial charge in [-0.1, -0.05) is 31.5 Å². The van der Waals surface area contributed by atoms with Gasteiger partial charge in [0.25, 0.3) is 0 Å². The Morgan fingerprint density at radius 2 is 1.57 bits per heavy atom. The third-order valence-corrected chi connectivity index (χ3v) is 5.83. The Hall–Kier alpha value is -2.09. The predicted octanol–water partition coefficient (Wildman–Crippen LogP) is 2.82. The van der Waals surface area contributed by atoms with Crippen LogP contribution < -0.4 is 10.6 Å². The molecule has 0 aliphatic rings. The van der Waals surface area contributed by atoms with Crippen LogP contribution in [0.25, 0.3) is 0 Å². The second-order valence-corrected chi connectivity index (χ2v) is 9.82. The molecule has 1 aromatic carbocycles. The maximum atomic E-state index is 12.6. The Morgan fingerprint density at radius 3 is 2.07 bits per heavy atom. The number of sulfone groups is 1. The topological polar surface area (TPSA) is 102 Å². The van der Waals surface area contributed by atoms with Crippen LogP contribution in [0.5, 0.6) is 0 Å². The molecule has 1 rings (SSSR count). The van der Waals surface area contributed by atoms with Gasteiger partial charge in [0.1, 0.15) is 6.04 Å². The number of alkyl carbamates (subject to hydrolysis) is 1. The molecular formula is C20H32N2O5S. The number of rotatable bonds is 9. The number of hydrogen-bond acceptors (Lipinski definition) is 5. The van der Waals surface area contributed by atoms with E-state index in [0.717, 1.165) is 5.56 Å². The predicted molar refractivity (Wildman–Crippen MR) is 109 cm³/mol. The van der Waals surface area contributed by atoms with Gasteiger partial charge < -0.3 is 15.4 Å². The van der Waals surface area contributed by atoms with Crippen molar-refractivity contribution < 1.29 is 22.7 Å². The van der Waals surface area contributed by atoms with E-state index < -0.39 is 33.9 Å². The summed E-state index contributed by atoms with van der Waals surface area (Å²) in [6.45, 7) is 10.8. The Balaban J connectivity index is 2.77. The van der Waals surface area contributed by atoms with Gasteiger partial charge in [0, 0.05) is 6.04 Å². The average Bonchev–Trinajstić information content (AvgIpc) is 2.52. The van der Waals surface area contributed by atoms with E-state index in [2.05, 4.69) is 10.6 Å². The van der Waals surface area contributed by atoms with Gasteiger partial charge in [-0.2, -0.15) is 0 Å². The molecule has 158 valence electrons. The molecule has 2 atom stereocenters. The van der Waals surface area contributed by atoms with Crippen molar-refractivity contribution >= 4 is 21.8 Å². The zero-order valence-electron chi connectivity index (χ0n) is 17.5. The summed E-state index contributed by atoms with van der Waals surface area (Å²) in [4.78, 5) is 24.7. The molecule has 2 N–H and O–H groups in total. The number of hydrogen-bond donors (Lipinski definition) is 2. The number of amides is 2. The molecule has 0 spiro atoms. The SMILES string of the molecule is Cc1ccc(S(=O)(=O)CC(C)NC(=O)C(CC(C)C)NC(=O)OC(C)C)cc1. The Labute approximate surface area is 168 Å². The minimum absolute atomic E-state index is 0.154. The van der Waals surface area contributed by atoms with Crippen molar-refractivity contribution in [2.24, 2.45) is 5.92 Å². The van der Waals surface area contributed by atoms with E-state index in [1.807, 2.05) is 20.8 Å². The van der Waals surface area contributed by atoms with Crippen LogP contribution in [-0.4, -0.2) is 44.4 Å². The average molecular weight is 413 g/mol. The van der Waals surface area contributed by atoms with E-state index in [0.29, 0.717) is 6.42 Å². The summed E-state index contributed by atoms with van der Waals surface area (Å²) in [5, 5.41) is 5.26. The van der Waals surface area contributed by atoms with Crippen LogP contribution in [-0.2, 0) is 19.4 Å². The molecule has 0 aromatic heterocycles. The molecule has 8 heteroatoms. The highest BCUT2D eigenvalue weighted by molar-refractivity contribution is 7.91. The maximum absolute atomic E-state index is 12.6. The van der Waals surface area contributed by atoms with E-state index in [-0.39, 0.29) is 22.7 Å². The second-order valence-electron chi connectivity index (χ2n) is 7.78. The second kappa shape index (κ2) is 10.5. The summed E-state index contributed by atoms with van der Waals surface area (Å²) in [6.07, 6.45) is -0.562. The first-order valence-electron chi connectivity index (χ1n) is 9.47. The van der Waals surface area contributed by atoms with Gasteiger partial charge in [-0.25, -0.2) is 13.2 Å². The summed E-state index contributed by atoms with van der Waals surface area (Å²) in [7, 11) is -3.54. The lowest BCUT2D eigenvalue weighted by atomic mass is 10.0. The molecule has 0 radical (unpaired) electrons. The number of benzene rings is 1. The fraction of sp³-hybridized carbons (Fsp3) is 0.600. The van der Waals surface area contributed by atoms with Crippen LogP contribution >= 0.6 is 0 Å². The van der Waals surface area contributed by atoms with Crippen molar-refractivity contribution in [3.63, 3.8) is 0 Å². The normalized spacial score (nSPS) is 13.9. The van der Waals surface area contributed by atoms with E-state index in [9.17, 15) is 18.0 Å². The molecular weight excluding hydrogens is 380 g/mol. The molecule has 28 heavy (non-hydrogen) atoms. The monoisotopic (exact) mass is 412 g/mol. The number of aryl methyl sites for hydroxylation is 1. The highest BCUT2D eigenvalue weighted by Crippen LogP contribution is 2.13. The van der Waals surface area contributed by atoms with Crippen molar-refractivity contribution in [1.82, 2.24) is 10.6 Å². The smallest absolute Gasteiger partial charge is 0.408 e. The molecule has 1 aromatic rings. The molecule has 2 unspecified atom stereocenters. The van der Waals surface area contributed by atoms with Crippen LogP contribution in [0.3, 0.4) is 0 Å². The van der Waals surface area contributed by atoms with Gasteiger partial charge in [-0.15, -0.1) is 0 Å². The van der Waals surface area contributed by atoms with Crippen LogP contribution in [0.2, 0.25) is 0 Å². The first-order valence-corrected chi connectivity index (χ1v) is 11.1. The van der Waals surface area contributed by atoms with Crippen LogP contribution in [0.1, 0.15) is 46.6 Å². The van der Waals surface area contributed by atoms with Gasteiger partial charge in [-0.05, 0) is 52.2 Å². The Bertz CT molecular complexity index is 757. The van der Waals surface area contributed by atoms with Crippen LogP contribution in [0, 0.1) is 12.8 Å². The van der Waals surface area contributed by atoms with Gasteiger partial charge in [0.2, 0.25) is 5.91 Å². The fourth-order valence-electron chi connectivity index (χ4n) is 2.65. The summed E-state index contributed by atoms with van der Waals surface area (Å²) in [6, 6.07) is 5.18. The first-order chi connectivity index (χ1) is 12.9. The zero-order chi connectivity index (χ0) is 21.5. The summed E-state index contributed by atoms with van der Waals surface area (Å²) in [5.41, 5.74) is 0.969. The fourth-order valence-corrected chi connectivity index (χ4v) is 4.13. The van der Waals surface area contributed by atoms with Gasteiger partial charge in [-0.3, -0.25) is 4.79 Å². The van der Waals surface area contributed by atoms with E-state index in [1.54, 1.807) is 45.0 Å². The lowest BCUT2D eigenvalue weighted by molar-refractivity contribution is -0.124. The maximum Gasteiger partial charge on any atom is 0.408 e. The lowest BCUT2D eigenvalue weighted by Gasteiger charge is -2.23. The van der Waals surface area contributed by atoms with E-state index in [1.165, 1.54) is 0 Å². The first kappa shape index (κ1) is 23.9. The minimum Gasteiger partial charge on any atom is -0.447 e. The van der Waals surface area contributed by atoms with Crippen molar-refractivity contribution in [2.75, 3.05) is 5.75 Å². The summed E-state index contributed by atoms with van der Waals surface area (Å²) >= 11 is 0. The van der Waals surface area contributed by atoms with Crippen LogP contribution in [0.15, 0.2) is 29.2 Å². The van der Waals surface area contributed by atoms with Crippen molar-refractivity contribution in [3.05, 3.63) is 29.8 Å². The number of carbonyl (C=O) groups is 2. The number of carbonyl (C=O) groups excluding carboxylic acids is 2. The quantitative estimate of drug-likeness (QED) is 0.649. The standard InChI is InChI=1S/C20H32N2O5S/c1-13(2)11-18(22-20(24)27-14(3)4)19(23)21-16(6)12-28(25,26)17-9-7-15(5)8-10-17/h7-10,13-14,16,18H,11-12H2,1-6H3,(H,21,23)(H,22,24). The molecule has 0 saturated heterocycles. The van der Waals surface area contributed by atoms with Gasteiger partial charge >= 0.3 is 6.09 Å². The molecule has 2 amide bonds. The Morgan fingerprint density at radius 1 is 1.00 bits per heavy atom. The third-order valence-electron chi connectivity index (χ3n) is 3.90. The number of ether oxygens (including phenoxy) is 1. The molecule has 7 nitrogen and oxygen atoms in total. The van der Waals surface area contributed by atoms with Gasteiger partial charge in [0.15, 0.2) is 9.84 Å². The molecule has 0 saturated carbocycles. The van der Waals surface area contributed by atoms with Crippen molar-refractivity contribution in [1.29, 1.82) is 0 Å². The van der Waals surface area contributed by atoms with Crippen molar-refractivity contribution in [2.45, 2.75) is 71.0 Å². The summed E-state index contributed by atoms with van der Waals surface area (Å²) < 4.78 is 30.1. The van der Waals surface area contributed by atoms with E-state index >= 15 is 0 Å². The lowest BCUT2D eigenvalue weighted by Crippen LogP contribution is -2.51. The number of nitrogens with one attached hydrogen (secondary N) is 2. The molecule has 0 heterocycles. The minimum atomic E-state index is -3.54. The summed E-state index contributed by atoms with van der Waals surface area (Å²) in [5.74, 6) is -0.505. The van der Waals surface area contributed by atoms with E-state index in [4.69, 9.17) is 4.74 Å². The Kier molecular flexibility index (Phi) is 8.94. The molecule has 0 fully saturated rings. The third kappa shape index (κ3) is 8.29. The van der Waals surface area contributed by atoms with Crippen LogP contribution in [0.4, 0.5) is 4.79 Å². The van der Waals surface area contributed by atoms with Crippen molar-refractivity contribution in [3.8, 4) is 0 Å². The van der Waals surface area contributed by atoms with Gasteiger partial charge in [0.05, 0.1) is 16.8 Å². The molecule has 0 aliphatic heterocycles. The highest BCUT2D eigenvalue weighted by atomic mass is 32.2. The molecule has 0 bridgehead atoms. The highest BCUT2D eigenvalue weighted by Gasteiger charge is 2.26. The zero-order valence-corrected chi connectivity index (χ0v) is 18.3.